The zero-order valence-electron chi connectivity index (χ0n) is 14.1. The summed E-state index contributed by atoms with van der Waals surface area (Å²) in [5.74, 6) is -0.225. The highest BCUT2D eigenvalue weighted by Crippen LogP contribution is 2.16. The number of hydrogen-bond donors (Lipinski definition) is 2. The molecule has 0 unspecified atom stereocenters. The van der Waals surface area contributed by atoms with E-state index in [1.807, 2.05) is 38.1 Å². The number of ether oxygens (including phenoxy) is 2. The summed E-state index contributed by atoms with van der Waals surface area (Å²) < 4.78 is 11.0. The van der Waals surface area contributed by atoms with Gasteiger partial charge in [-0.25, -0.2) is 0 Å². The Labute approximate surface area is 142 Å². The van der Waals surface area contributed by atoms with E-state index in [0.29, 0.717) is 36.8 Å². The predicted octanol–water partition coefficient (Wildman–Crippen LogP) is 3.46. The van der Waals surface area contributed by atoms with Gasteiger partial charge in [-0.2, -0.15) is 0 Å². The fourth-order valence-corrected chi connectivity index (χ4v) is 2.17. The van der Waals surface area contributed by atoms with Crippen molar-refractivity contribution in [3.05, 3.63) is 59.7 Å². The second kappa shape index (κ2) is 9.05. The van der Waals surface area contributed by atoms with Crippen LogP contribution in [0.15, 0.2) is 48.5 Å². The van der Waals surface area contributed by atoms with Crippen molar-refractivity contribution in [2.24, 2.45) is 0 Å². The second-order valence-corrected chi connectivity index (χ2v) is 5.71. The molecule has 24 heavy (non-hydrogen) atoms. The summed E-state index contributed by atoms with van der Waals surface area (Å²) in [7, 11) is 0. The molecular weight excluding hydrogens is 304 g/mol. The molecule has 0 bridgehead atoms. The molecule has 0 aliphatic carbocycles. The minimum Gasteiger partial charge on any atom is -0.398 e. The van der Waals surface area contributed by atoms with Crippen molar-refractivity contribution in [3.8, 4) is 0 Å². The molecule has 0 atom stereocenters. The Balaban J connectivity index is 1.88. The van der Waals surface area contributed by atoms with E-state index < -0.39 is 0 Å². The molecule has 5 nitrogen and oxygen atoms in total. The molecule has 0 spiro atoms. The van der Waals surface area contributed by atoms with E-state index >= 15 is 0 Å². The summed E-state index contributed by atoms with van der Waals surface area (Å²) in [5, 5.41) is 2.86. The first-order chi connectivity index (χ1) is 11.6. The van der Waals surface area contributed by atoms with Crippen LogP contribution in [0.25, 0.3) is 0 Å². The smallest absolute Gasteiger partial charge is 0.257 e. The van der Waals surface area contributed by atoms with Crippen molar-refractivity contribution < 1.29 is 14.3 Å². The standard InChI is InChI=1S/C19H24N2O3/c1-14(2)24-11-10-23-13-15-6-5-7-16(12-15)21-19(22)17-8-3-4-9-18(17)20/h3-9,12,14H,10-11,13,20H2,1-2H3,(H,21,22). The van der Waals surface area contributed by atoms with E-state index in [4.69, 9.17) is 15.2 Å². The number of carbonyl (C=O) groups excluding carboxylic acids is 1. The van der Waals surface area contributed by atoms with Crippen molar-refractivity contribution in [1.29, 1.82) is 0 Å². The molecule has 5 heteroatoms. The highest BCUT2D eigenvalue weighted by atomic mass is 16.5. The minimum atomic E-state index is -0.225. The summed E-state index contributed by atoms with van der Waals surface area (Å²) in [4.78, 5) is 12.3. The average molecular weight is 328 g/mol. The number of anilines is 2. The fourth-order valence-electron chi connectivity index (χ4n) is 2.17. The highest BCUT2D eigenvalue weighted by Gasteiger charge is 2.09. The first-order valence-electron chi connectivity index (χ1n) is 8.00. The van der Waals surface area contributed by atoms with E-state index in [-0.39, 0.29) is 12.0 Å². The summed E-state index contributed by atoms with van der Waals surface area (Å²) in [5.41, 5.74) is 8.44. The van der Waals surface area contributed by atoms with Gasteiger partial charge in [-0.05, 0) is 43.7 Å². The average Bonchev–Trinajstić information content (AvgIpc) is 2.55. The molecule has 3 N–H and O–H groups in total. The maximum Gasteiger partial charge on any atom is 0.257 e. The van der Waals surface area contributed by atoms with Crippen LogP contribution in [0.3, 0.4) is 0 Å². The third kappa shape index (κ3) is 5.68. The first kappa shape index (κ1) is 18.0. The Hall–Kier alpha value is -2.37. The fraction of sp³-hybridized carbons (Fsp3) is 0.316. The van der Waals surface area contributed by atoms with Gasteiger partial charge in [-0.1, -0.05) is 24.3 Å². The van der Waals surface area contributed by atoms with Gasteiger partial charge in [0.15, 0.2) is 0 Å². The Kier molecular flexibility index (Phi) is 6.78. The lowest BCUT2D eigenvalue weighted by molar-refractivity contribution is 0.0143. The lowest BCUT2D eigenvalue weighted by Gasteiger charge is -2.10. The molecule has 0 aliphatic heterocycles. The van der Waals surface area contributed by atoms with Gasteiger partial charge in [0.05, 0.1) is 31.5 Å². The van der Waals surface area contributed by atoms with Crippen molar-refractivity contribution in [2.75, 3.05) is 24.3 Å². The lowest BCUT2D eigenvalue weighted by atomic mass is 10.1. The van der Waals surface area contributed by atoms with Crippen LogP contribution in [-0.4, -0.2) is 25.2 Å². The normalized spacial score (nSPS) is 10.8. The third-order valence-electron chi connectivity index (χ3n) is 3.34. The van der Waals surface area contributed by atoms with E-state index in [1.54, 1.807) is 24.3 Å². The molecule has 0 radical (unpaired) electrons. The summed E-state index contributed by atoms with van der Waals surface area (Å²) in [6.07, 6.45) is 0.206. The number of rotatable bonds is 8. The van der Waals surface area contributed by atoms with E-state index in [2.05, 4.69) is 5.32 Å². The quantitative estimate of drug-likeness (QED) is 0.575. The van der Waals surface area contributed by atoms with Crippen molar-refractivity contribution >= 4 is 17.3 Å². The molecule has 0 fully saturated rings. The number of para-hydroxylation sites is 1. The number of carbonyl (C=O) groups is 1. The van der Waals surface area contributed by atoms with Gasteiger partial charge < -0.3 is 20.5 Å². The maximum absolute atomic E-state index is 12.3. The number of amides is 1. The molecule has 0 aliphatic rings. The number of hydrogen-bond acceptors (Lipinski definition) is 4. The summed E-state index contributed by atoms with van der Waals surface area (Å²) in [6, 6.07) is 14.6. The molecule has 0 saturated heterocycles. The van der Waals surface area contributed by atoms with Crippen LogP contribution in [0.5, 0.6) is 0 Å². The van der Waals surface area contributed by atoms with Gasteiger partial charge in [0.25, 0.3) is 5.91 Å². The molecule has 2 aromatic carbocycles. The first-order valence-corrected chi connectivity index (χ1v) is 8.00. The van der Waals surface area contributed by atoms with E-state index in [0.717, 1.165) is 5.56 Å². The molecule has 2 aromatic rings. The Bertz CT molecular complexity index is 671. The van der Waals surface area contributed by atoms with Crippen molar-refractivity contribution in [3.63, 3.8) is 0 Å². The van der Waals surface area contributed by atoms with Crippen LogP contribution >= 0.6 is 0 Å². The topological polar surface area (TPSA) is 73.6 Å². The summed E-state index contributed by atoms with van der Waals surface area (Å²) in [6.45, 7) is 5.56. The lowest BCUT2D eigenvalue weighted by Crippen LogP contribution is -2.14. The van der Waals surface area contributed by atoms with Crippen LogP contribution in [-0.2, 0) is 16.1 Å². The molecular formula is C19H24N2O3. The second-order valence-electron chi connectivity index (χ2n) is 5.71. The molecule has 0 saturated carbocycles. The van der Waals surface area contributed by atoms with Gasteiger partial charge in [0, 0.05) is 11.4 Å². The van der Waals surface area contributed by atoms with E-state index in [9.17, 15) is 4.79 Å². The highest BCUT2D eigenvalue weighted by molar-refractivity contribution is 6.07. The minimum absolute atomic E-state index is 0.206. The maximum atomic E-state index is 12.3. The number of nitrogen functional groups attached to an aromatic ring is 1. The van der Waals surface area contributed by atoms with Gasteiger partial charge in [0.2, 0.25) is 0 Å². The SMILES string of the molecule is CC(C)OCCOCc1cccc(NC(=O)c2ccccc2N)c1. The summed E-state index contributed by atoms with van der Waals surface area (Å²) >= 11 is 0. The molecule has 128 valence electrons. The number of benzene rings is 2. The zero-order valence-corrected chi connectivity index (χ0v) is 14.1. The Morgan fingerprint density at radius 2 is 1.92 bits per heavy atom. The molecule has 2 rings (SSSR count). The monoisotopic (exact) mass is 328 g/mol. The van der Waals surface area contributed by atoms with Crippen LogP contribution in [0.1, 0.15) is 29.8 Å². The van der Waals surface area contributed by atoms with Crippen LogP contribution < -0.4 is 11.1 Å². The third-order valence-corrected chi connectivity index (χ3v) is 3.34. The van der Waals surface area contributed by atoms with Crippen LogP contribution in [0.2, 0.25) is 0 Å². The van der Waals surface area contributed by atoms with E-state index in [1.165, 1.54) is 0 Å². The van der Waals surface area contributed by atoms with Gasteiger partial charge >= 0.3 is 0 Å². The van der Waals surface area contributed by atoms with Gasteiger partial charge in [0.1, 0.15) is 0 Å². The predicted molar refractivity (Wildman–Crippen MR) is 96.0 cm³/mol. The van der Waals surface area contributed by atoms with Gasteiger partial charge in [-0.3, -0.25) is 4.79 Å². The molecule has 0 aromatic heterocycles. The Morgan fingerprint density at radius 3 is 2.67 bits per heavy atom. The van der Waals surface area contributed by atoms with Crippen molar-refractivity contribution in [2.45, 2.75) is 26.6 Å². The zero-order chi connectivity index (χ0) is 17.4. The molecule has 0 heterocycles. The van der Waals surface area contributed by atoms with Gasteiger partial charge in [-0.15, -0.1) is 0 Å². The largest absolute Gasteiger partial charge is 0.398 e. The molecule has 1 amide bonds. The number of nitrogens with two attached hydrogens (primary N) is 1. The van der Waals surface area contributed by atoms with Crippen molar-refractivity contribution in [1.82, 2.24) is 0 Å². The Morgan fingerprint density at radius 1 is 1.12 bits per heavy atom. The van der Waals surface area contributed by atoms with Crippen LogP contribution in [0.4, 0.5) is 11.4 Å². The number of nitrogens with one attached hydrogen (secondary N) is 1. The van der Waals surface area contributed by atoms with Crippen LogP contribution in [0, 0.1) is 0 Å².